The maximum atomic E-state index is 13.1. The van der Waals surface area contributed by atoms with E-state index in [1.165, 1.54) is 17.6 Å². The van der Waals surface area contributed by atoms with E-state index in [4.69, 9.17) is 14.7 Å². The van der Waals surface area contributed by atoms with Crippen LogP contribution in [0, 0.1) is 17.3 Å². The quantitative estimate of drug-likeness (QED) is 0.424. The topological polar surface area (TPSA) is 105 Å². The largest absolute Gasteiger partial charge is 0.481 e. The van der Waals surface area contributed by atoms with Gasteiger partial charge >= 0.3 is 0 Å². The van der Waals surface area contributed by atoms with Crippen molar-refractivity contribution >= 4 is 15.9 Å². The van der Waals surface area contributed by atoms with E-state index in [9.17, 15) is 13.2 Å². The average molecular weight is 425 g/mol. The minimum Gasteiger partial charge on any atom is -0.481 e. The molecule has 8 nitrogen and oxygen atoms in total. The molecule has 9 heteroatoms. The molecule has 1 aliphatic rings. The highest BCUT2D eigenvalue weighted by Gasteiger charge is 2.44. The second kappa shape index (κ2) is 9.13. The molecule has 2 N–H and O–H groups in total. The number of hydrogen-bond acceptors (Lipinski definition) is 6. The number of nitrogens with one attached hydrogen (secondary N) is 1. The van der Waals surface area contributed by atoms with Crippen molar-refractivity contribution in [3.8, 4) is 17.6 Å². The fourth-order valence-corrected chi connectivity index (χ4v) is 4.73. The molecule has 1 fully saturated rings. The van der Waals surface area contributed by atoms with E-state index < -0.39 is 34.2 Å². The Labute approximate surface area is 172 Å². The second-order valence-electron chi connectivity index (χ2n) is 7.96. The number of carbonyl (C=O) groups excluding carboxylic acids is 1. The van der Waals surface area contributed by atoms with Crippen LogP contribution in [0.1, 0.15) is 34.6 Å². The van der Waals surface area contributed by atoms with Crippen LogP contribution in [0.3, 0.4) is 0 Å². The predicted octanol–water partition coefficient (Wildman–Crippen LogP) is 1.79. The number of hydroxylamine groups is 1. The second-order valence-corrected chi connectivity index (χ2v) is 9.85. The molecule has 1 heterocycles. The van der Waals surface area contributed by atoms with Crippen molar-refractivity contribution < 1.29 is 27.9 Å². The Balaban J connectivity index is 2.20. The van der Waals surface area contributed by atoms with Crippen molar-refractivity contribution in [3.63, 3.8) is 0 Å². The first-order chi connectivity index (χ1) is 13.5. The van der Waals surface area contributed by atoms with Gasteiger partial charge in [-0.15, -0.1) is 0 Å². The summed E-state index contributed by atoms with van der Waals surface area (Å²) in [5, 5.41) is 9.01. The SMILES string of the molecule is CC1CN(S(=O)(=O)c2ccc(OCC#CC(C)(C)C)cc2)C(C(=O)NO)C(C)O1. The molecule has 0 spiro atoms. The molecule has 1 amide bonds. The number of ether oxygens (including phenoxy) is 2. The maximum Gasteiger partial charge on any atom is 0.264 e. The zero-order chi connectivity index (χ0) is 21.8. The number of rotatable bonds is 5. The van der Waals surface area contributed by atoms with Gasteiger partial charge in [0.2, 0.25) is 10.0 Å². The summed E-state index contributed by atoms with van der Waals surface area (Å²) < 4.78 is 38.4. The van der Waals surface area contributed by atoms with Gasteiger partial charge in [-0.3, -0.25) is 10.0 Å². The van der Waals surface area contributed by atoms with Crippen LogP contribution in [0.4, 0.5) is 0 Å². The highest BCUT2D eigenvalue weighted by molar-refractivity contribution is 7.89. The van der Waals surface area contributed by atoms with Crippen LogP contribution in [-0.4, -0.2) is 55.2 Å². The van der Waals surface area contributed by atoms with E-state index in [-0.39, 0.29) is 23.5 Å². The Kier molecular flexibility index (Phi) is 7.30. The molecule has 0 radical (unpaired) electrons. The molecule has 2 rings (SSSR count). The average Bonchev–Trinajstić information content (AvgIpc) is 2.63. The minimum absolute atomic E-state index is 0.00853. The molecular formula is C20H28N2O6S. The monoisotopic (exact) mass is 424 g/mol. The van der Waals surface area contributed by atoms with Crippen LogP contribution in [0.15, 0.2) is 29.2 Å². The Morgan fingerprint density at radius 2 is 1.93 bits per heavy atom. The van der Waals surface area contributed by atoms with Gasteiger partial charge in [0.05, 0.1) is 17.1 Å². The molecule has 1 aromatic carbocycles. The lowest BCUT2D eigenvalue weighted by Gasteiger charge is -2.40. The molecule has 0 bridgehead atoms. The lowest BCUT2D eigenvalue weighted by atomic mass is 9.98. The minimum atomic E-state index is -4.00. The van der Waals surface area contributed by atoms with E-state index in [2.05, 4.69) is 11.8 Å². The summed E-state index contributed by atoms with van der Waals surface area (Å²) >= 11 is 0. The van der Waals surface area contributed by atoms with Crippen LogP contribution in [0.2, 0.25) is 0 Å². The molecular weight excluding hydrogens is 396 g/mol. The van der Waals surface area contributed by atoms with Gasteiger partial charge in [0.1, 0.15) is 18.4 Å². The van der Waals surface area contributed by atoms with Crippen molar-refractivity contribution in [2.75, 3.05) is 13.2 Å². The first kappa shape index (κ1) is 23.2. The molecule has 0 aromatic heterocycles. The first-order valence-corrected chi connectivity index (χ1v) is 10.7. The summed E-state index contributed by atoms with van der Waals surface area (Å²) in [5.41, 5.74) is 1.40. The smallest absolute Gasteiger partial charge is 0.264 e. The maximum absolute atomic E-state index is 13.1. The molecule has 0 aliphatic carbocycles. The molecule has 1 aliphatic heterocycles. The van der Waals surface area contributed by atoms with Crippen molar-refractivity contribution in [1.29, 1.82) is 0 Å². The van der Waals surface area contributed by atoms with Crippen LogP contribution in [-0.2, 0) is 19.6 Å². The number of amides is 1. The molecule has 1 aromatic rings. The van der Waals surface area contributed by atoms with Gasteiger partial charge in [-0.1, -0.05) is 11.8 Å². The third kappa shape index (κ3) is 5.93. The number of sulfonamides is 1. The van der Waals surface area contributed by atoms with Gasteiger partial charge in [0, 0.05) is 12.0 Å². The van der Waals surface area contributed by atoms with Crippen LogP contribution in [0.5, 0.6) is 5.75 Å². The molecule has 0 saturated carbocycles. The number of benzene rings is 1. The fourth-order valence-electron chi connectivity index (χ4n) is 3.01. The summed E-state index contributed by atoms with van der Waals surface area (Å²) in [4.78, 5) is 12.1. The van der Waals surface area contributed by atoms with Crippen LogP contribution >= 0.6 is 0 Å². The summed E-state index contributed by atoms with van der Waals surface area (Å²) in [5.74, 6) is 5.62. The lowest BCUT2D eigenvalue weighted by molar-refractivity contribution is -0.146. The van der Waals surface area contributed by atoms with Crippen molar-refractivity contribution in [2.45, 2.75) is 57.8 Å². The van der Waals surface area contributed by atoms with Crippen molar-refractivity contribution in [3.05, 3.63) is 24.3 Å². The van der Waals surface area contributed by atoms with Crippen LogP contribution in [0.25, 0.3) is 0 Å². The zero-order valence-corrected chi connectivity index (χ0v) is 18.1. The third-order valence-corrected chi connectivity index (χ3v) is 6.08. The first-order valence-electron chi connectivity index (χ1n) is 9.30. The fraction of sp³-hybridized carbons (Fsp3) is 0.550. The van der Waals surface area contributed by atoms with Gasteiger partial charge in [-0.2, -0.15) is 4.31 Å². The third-order valence-electron chi connectivity index (χ3n) is 4.22. The molecule has 160 valence electrons. The highest BCUT2D eigenvalue weighted by atomic mass is 32.2. The molecule has 3 unspecified atom stereocenters. The predicted molar refractivity (Wildman–Crippen MR) is 107 cm³/mol. The van der Waals surface area contributed by atoms with Crippen molar-refractivity contribution in [1.82, 2.24) is 9.79 Å². The van der Waals surface area contributed by atoms with E-state index >= 15 is 0 Å². The van der Waals surface area contributed by atoms with E-state index in [1.807, 2.05) is 20.8 Å². The number of carbonyl (C=O) groups is 1. The van der Waals surface area contributed by atoms with E-state index in [0.29, 0.717) is 5.75 Å². The van der Waals surface area contributed by atoms with Gasteiger partial charge < -0.3 is 9.47 Å². The number of morpholine rings is 1. The Bertz CT molecular complexity index is 880. The van der Waals surface area contributed by atoms with Gasteiger partial charge in [0.25, 0.3) is 5.91 Å². The van der Waals surface area contributed by atoms with Crippen molar-refractivity contribution in [2.24, 2.45) is 5.41 Å². The Morgan fingerprint density at radius 3 is 2.48 bits per heavy atom. The van der Waals surface area contributed by atoms with E-state index in [0.717, 1.165) is 4.31 Å². The summed E-state index contributed by atoms with van der Waals surface area (Å²) in [7, 11) is -4.00. The summed E-state index contributed by atoms with van der Waals surface area (Å²) in [6, 6.07) is 4.74. The normalized spacial score (nSPS) is 23.0. The number of nitrogens with zero attached hydrogens (tertiary/aromatic N) is 1. The lowest BCUT2D eigenvalue weighted by Crippen LogP contribution is -2.60. The standard InChI is InChI=1S/C20H28N2O6S/c1-14-13-22(18(15(2)28-14)19(23)21-24)29(25,26)17-9-7-16(8-10-17)27-12-6-11-20(3,4)5/h7-10,14-15,18,24H,12-13H2,1-5H3,(H,21,23). The Morgan fingerprint density at radius 1 is 1.31 bits per heavy atom. The van der Waals surface area contributed by atoms with Gasteiger partial charge in [-0.25, -0.2) is 13.9 Å². The van der Waals surface area contributed by atoms with Gasteiger partial charge in [0.15, 0.2) is 0 Å². The summed E-state index contributed by atoms with van der Waals surface area (Å²) in [6.45, 7) is 9.49. The highest BCUT2D eigenvalue weighted by Crippen LogP contribution is 2.27. The van der Waals surface area contributed by atoms with Gasteiger partial charge in [-0.05, 0) is 58.9 Å². The molecule has 1 saturated heterocycles. The number of hydrogen-bond donors (Lipinski definition) is 2. The Hall–Kier alpha value is -2.12. The van der Waals surface area contributed by atoms with Crippen LogP contribution < -0.4 is 10.2 Å². The molecule has 29 heavy (non-hydrogen) atoms. The summed E-state index contributed by atoms with van der Waals surface area (Å²) in [6.07, 6.45) is -1.11. The molecule has 3 atom stereocenters. The zero-order valence-electron chi connectivity index (χ0n) is 17.3. The van der Waals surface area contributed by atoms with E-state index in [1.54, 1.807) is 26.0 Å².